The summed E-state index contributed by atoms with van der Waals surface area (Å²) in [7, 11) is -2.37. The van der Waals surface area contributed by atoms with Crippen LogP contribution in [0.5, 0.6) is 0 Å². The number of hydrogen-bond acceptors (Lipinski definition) is 3. The lowest BCUT2D eigenvalue weighted by atomic mass is 9.78. The van der Waals surface area contributed by atoms with E-state index in [9.17, 15) is 17.6 Å². The summed E-state index contributed by atoms with van der Waals surface area (Å²) in [6.45, 7) is -0.963. The molecular formula is C8H7BF4O3. The van der Waals surface area contributed by atoms with Crippen molar-refractivity contribution in [3.8, 4) is 0 Å². The normalized spacial score (nSPS) is 11.7. The van der Waals surface area contributed by atoms with Crippen LogP contribution in [-0.2, 0) is 12.8 Å². The summed E-state index contributed by atoms with van der Waals surface area (Å²) in [6.07, 6.45) is -4.75. The second kappa shape index (κ2) is 4.40. The molecule has 3 N–H and O–H groups in total. The number of benzene rings is 1. The van der Waals surface area contributed by atoms with Gasteiger partial charge in [-0.15, -0.1) is 0 Å². The first kappa shape index (κ1) is 13.0. The standard InChI is InChI=1S/C8H7BF4O3/c10-7-4(3-14)1-5(8(11,12)13)2-6(7)9(15)16/h1-2,14-16H,3H2. The first-order chi connectivity index (χ1) is 7.27. The van der Waals surface area contributed by atoms with E-state index in [4.69, 9.17) is 15.2 Å². The molecule has 0 saturated carbocycles. The third kappa shape index (κ3) is 2.52. The minimum Gasteiger partial charge on any atom is -0.423 e. The maximum atomic E-state index is 13.2. The summed E-state index contributed by atoms with van der Waals surface area (Å²) in [6, 6.07) is 0.709. The van der Waals surface area contributed by atoms with Gasteiger partial charge in [-0.1, -0.05) is 0 Å². The molecule has 0 radical (unpaired) electrons. The highest BCUT2D eigenvalue weighted by atomic mass is 19.4. The van der Waals surface area contributed by atoms with Crippen LogP contribution in [-0.4, -0.2) is 22.3 Å². The Balaban J connectivity index is 3.40. The van der Waals surface area contributed by atoms with Gasteiger partial charge in [0.05, 0.1) is 12.2 Å². The molecule has 0 saturated heterocycles. The molecule has 0 fully saturated rings. The number of aliphatic hydroxyl groups is 1. The zero-order valence-corrected chi connectivity index (χ0v) is 7.79. The fourth-order valence-electron chi connectivity index (χ4n) is 1.18. The van der Waals surface area contributed by atoms with Crippen molar-refractivity contribution in [2.24, 2.45) is 0 Å². The number of rotatable bonds is 2. The number of alkyl halides is 3. The van der Waals surface area contributed by atoms with E-state index in [1.54, 1.807) is 0 Å². The third-order valence-electron chi connectivity index (χ3n) is 1.95. The van der Waals surface area contributed by atoms with E-state index < -0.39 is 42.3 Å². The molecule has 0 aliphatic rings. The lowest BCUT2D eigenvalue weighted by molar-refractivity contribution is -0.137. The average molecular weight is 238 g/mol. The van der Waals surface area contributed by atoms with Crippen molar-refractivity contribution in [1.29, 1.82) is 0 Å². The van der Waals surface area contributed by atoms with Gasteiger partial charge in [0.2, 0.25) is 0 Å². The van der Waals surface area contributed by atoms with Gasteiger partial charge in [-0.2, -0.15) is 13.2 Å². The Bertz CT molecular complexity index is 392. The Hall–Kier alpha value is -1.12. The van der Waals surface area contributed by atoms with E-state index in [0.717, 1.165) is 0 Å². The smallest absolute Gasteiger partial charge is 0.423 e. The average Bonchev–Trinajstić information content (AvgIpc) is 2.15. The van der Waals surface area contributed by atoms with Crippen LogP contribution in [0, 0.1) is 5.82 Å². The largest absolute Gasteiger partial charge is 0.491 e. The molecule has 0 amide bonds. The van der Waals surface area contributed by atoms with Crippen LogP contribution in [0.15, 0.2) is 12.1 Å². The number of aliphatic hydroxyl groups excluding tert-OH is 1. The molecule has 0 aromatic heterocycles. The van der Waals surface area contributed by atoms with Crippen molar-refractivity contribution >= 4 is 12.6 Å². The summed E-state index contributed by atoms with van der Waals surface area (Å²) in [5.74, 6) is -1.26. The minimum atomic E-state index is -4.75. The fraction of sp³-hybridized carbons (Fsp3) is 0.250. The second-order valence-corrected chi connectivity index (χ2v) is 3.07. The topological polar surface area (TPSA) is 60.7 Å². The van der Waals surface area contributed by atoms with E-state index >= 15 is 0 Å². The zero-order chi connectivity index (χ0) is 12.5. The lowest BCUT2D eigenvalue weighted by Crippen LogP contribution is -2.34. The van der Waals surface area contributed by atoms with Crippen molar-refractivity contribution in [2.75, 3.05) is 0 Å². The molecule has 1 aromatic carbocycles. The molecule has 16 heavy (non-hydrogen) atoms. The Morgan fingerprint density at radius 1 is 1.19 bits per heavy atom. The Labute approximate surface area is 88.1 Å². The minimum absolute atomic E-state index is 0.291. The molecule has 8 heteroatoms. The molecule has 0 aliphatic heterocycles. The summed E-state index contributed by atoms with van der Waals surface area (Å²) in [5.41, 5.74) is -2.81. The van der Waals surface area contributed by atoms with Crippen LogP contribution in [0.2, 0.25) is 0 Å². The highest BCUT2D eigenvalue weighted by Gasteiger charge is 2.33. The van der Waals surface area contributed by atoms with Crippen molar-refractivity contribution in [1.82, 2.24) is 0 Å². The summed E-state index contributed by atoms with van der Waals surface area (Å²) >= 11 is 0. The van der Waals surface area contributed by atoms with Gasteiger partial charge >= 0.3 is 13.3 Å². The summed E-state index contributed by atoms with van der Waals surface area (Å²) in [5, 5.41) is 26.0. The van der Waals surface area contributed by atoms with Crippen LogP contribution in [0.25, 0.3) is 0 Å². The molecule has 1 rings (SSSR count). The highest BCUT2D eigenvalue weighted by Crippen LogP contribution is 2.29. The highest BCUT2D eigenvalue weighted by molar-refractivity contribution is 6.58. The van der Waals surface area contributed by atoms with E-state index in [1.165, 1.54) is 0 Å². The fourth-order valence-corrected chi connectivity index (χ4v) is 1.18. The van der Waals surface area contributed by atoms with Crippen LogP contribution in [0.1, 0.15) is 11.1 Å². The molecule has 0 aliphatic carbocycles. The molecule has 3 nitrogen and oxygen atoms in total. The van der Waals surface area contributed by atoms with Gasteiger partial charge in [-0.25, -0.2) is 4.39 Å². The van der Waals surface area contributed by atoms with E-state index in [-0.39, 0.29) is 0 Å². The van der Waals surface area contributed by atoms with Gasteiger partial charge in [0, 0.05) is 11.0 Å². The monoisotopic (exact) mass is 238 g/mol. The van der Waals surface area contributed by atoms with Crippen molar-refractivity contribution in [2.45, 2.75) is 12.8 Å². The first-order valence-corrected chi connectivity index (χ1v) is 4.14. The maximum absolute atomic E-state index is 13.2. The van der Waals surface area contributed by atoms with E-state index in [1.807, 2.05) is 0 Å². The van der Waals surface area contributed by atoms with Crippen LogP contribution >= 0.6 is 0 Å². The zero-order valence-electron chi connectivity index (χ0n) is 7.79. The SMILES string of the molecule is OCc1cc(C(F)(F)F)cc(B(O)O)c1F. The maximum Gasteiger partial charge on any atom is 0.491 e. The molecule has 88 valence electrons. The van der Waals surface area contributed by atoms with Crippen molar-refractivity contribution in [3.63, 3.8) is 0 Å². The molecule has 0 unspecified atom stereocenters. The second-order valence-electron chi connectivity index (χ2n) is 3.07. The van der Waals surface area contributed by atoms with Crippen molar-refractivity contribution in [3.05, 3.63) is 29.1 Å². The lowest BCUT2D eigenvalue weighted by Gasteiger charge is -2.12. The molecule has 0 heterocycles. The van der Waals surface area contributed by atoms with Crippen LogP contribution in [0.3, 0.4) is 0 Å². The summed E-state index contributed by atoms with van der Waals surface area (Å²) < 4.78 is 50.2. The number of hydrogen-bond donors (Lipinski definition) is 3. The van der Waals surface area contributed by atoms with E-state index in [0.29, 0.717) is 12.1 Å². The Kier molecular flexibility index (Phi) is 3.56. The molecule has 1 aromatic rings. The Morgan fingerprint density at radius 2 is 1.75 bits per heavy atom. The molecular weight excluding hydrogens is 231 g/mol. The van der Waals surface area contributed by atoms with Gasteiger partial charge < -0.3 is 15.2 Å². The van der Waals surface area contributed by atoms with Gasteiger partial charge in [-0.3, -0.25) is 0 Å². The van der Waals surface area contributed by atoms with Crippen LogP contribution in [0.4, 0.5) is 17.6 Å². The predicted octanol–water partition coefficient (Wildman–Crippen LogP) is 0.0166. The van der Waals surface area contributed by atoms with Crippen molar-refractivity contribution < 1.29 is 32.7 Å². The van der Waals surface area contributed by atoms with Gasteiger partial charge in [0.1, 0.15) is 5.82 Å². The van der Waals surface area contributed by atoms with Gasteiger partial charge in [-0.05, 0) is 12.1 Å². The quantitative estimate of drug-likeness (QED) is 0.502. The molecule has 0 bridgehead atoms. The predicted molar refractivity (Wildman–Crippen MR) is 47.2 cm³/mol. The van der Waals surface area contributed by atoms with E-state index in [2.05, 4.69) is 0 Å². The van der Waals surface area contributed by atoms with Gasteiger partial charge in [0.15, 0.2) is 0 Å². The Morgan fingerprint density at radius 3 is 2.12 bits per heavy atom. The van der Waals surface area contributed by atoms with Crippen LogP contribution < -0.4 is 5.46 Å². The van der Waals surface area contributed by atoms with Gasteiger partial charge in [0.25, 0.3) is 0 Å². The first-order valence-electron chi connectivity index (χ1n) is 4.14. The third-order valence-corrected chi connectivity index (χ3v) is 1.95. The summed E-state index contributed by atoms with van der Waals surface area (Å²) in [4.78, 5) is 0. The molecule has 0 spiro atoms. The number of halogens is 4. The molecule has 0 atom stereocenters.